The molecule has 10 nitrogen and oxygen atoms in total. The molecule has 1 saturated heterocycles. The summed E-state index contributed by atoms with van der Waals surface area (Å²) in [5.74, 6) is 0.608. The summed E-state index contributed by atoms with van der Waals surface area (Å²) in [6, 6.07) is 0.291. The highest BCUT2D eigenvalue weighted by atomic mass is 16.2. The smallest absolute Gasteiger partial charge is 0.274 e. The van der Waals surface area contributed by atoms with Crippen molar-refractivity contribution in [2.75, 3.05) is 32.5 Å². The number of nitrogens with one attached hydrogen (secondary N) is 1. The first-order valence-corrected chi connectivity index (χ1v) is 7.89. The lowest BCUT2D eigenvalue weighted by Gasteiger charge is -2.17. The summed E-state index contributed by atoms with van der Waals surface area (Å²) in [5.41, 5.74) is 1.48. The summed E-state index contributed by atoms with van der Waals surface area (Å²) in [4.78, 5) is 16.1. The van der Waals surface area contributed by atoms with Crippen LogP contribution in [0.15, 0.2) is 6.20 Å². The van der Waals surface area contributed by atoms with Gasteiger partial charge in [-0.25, -0.2) is 4.68 Å². The first-order chi connectivity index (χ1) is 11.4. The third kappa shape index (κ3) is 3.37. The second kappa shape index (κ2) is 6.56. The maximum Gasteiger partial charge on any atom is 0.274 e. The van der Waals surface area contributed by atoms with Crippen LogP contribution in [0, 0.1) is 0 Å². The molecule has 1 N–H and O–H groups in total. The predicted octanol–water partition coefficient (Wildman–Crippen LogP) is -0.668. The molecular formula is C14H23N9O. The number of aryl methyl sites for hydroxylation is 2. The molecule has 2 aromatic rings. The number of amides is 1. The van der Waals surface area contributed by atoms with Gasteiger partial charge in [0.2, 0.25) is 5.95 Å². The van der Waals surface area contributed by atoms with Crippen molar-refractivity contribution in [2.24, 2.45) is 14.1 Å². The molecule has 3 heterocycles. The predicted molar refractivity (Wildman–Crippen MR) is 87.3 cm³/mol. The van der Waals surface area contributed by atoms with Gasteiger partial charge in [0.1, 0.15) is 0 Å². The van der Waals surface area contributed by atoms with Crippen molar-refractivity contribution in [3.63, 3.8) is 0 Å². The lowest BCUT2D eigenvalue weighted by Crippen LogP contribution is -2.28. The summed E-state index contributed by atoms with van der Waals surface area (Å²) in [6.07, 6.45) is 2.92. The van der Waals surface area contributed by atoms with Crippen molar-refractivity contribution in [1.82, 2.24) is 39.8 Å². The van der Waals surface area contributed by atoms with Crippen molar-refractivity contribution >= 4 is 11.9 Å². The van der Waals surface area contributed by atoms with Crippen LogP contribution in [0.4, 0.5) is 5.95 Å². The van der Waals surface area contributed by atoms with Crippen LogP contribution >= 0.6 is 0 Å². The minimum atomic E-state index is -0.0652. The zero-order chi connectivity index (χ0) is 17.3. The van der Waals surface area contributed by atoms with E-state index in [1.807, 2.05) is 20.3 Å². The molecule has 3 rings (SSSR count). The van der Waals surface area contributed by atoms with Gasteiger partial charge in [0, 0.05) is 65.6 Å². The summed E-state index contributed by atoms with van der Waals surface area (Å²) >= 11 is 0. The average molecular weight is 333 g/mol. The fraction of sp³-hybridized carbons (Fsp3) is 0.643. The topological polar surface area (TPSA) is 97.0 Å². The van der Waals surface area contributed by atoms with Gasteiger partial charge in [-0.1, -0.05) is 5.10 Å². The van der Waals surface area contributed by atoms with Crippen LogP contribution in [0.25, 0.3) is 0 Å². The molecule has 0 aromatic carbocycles. The summed E-state index contributed by atoms with van der Waals surface area (Å²) < 4.78 is 3.32. The molecule has 1 aliphatic rings. The maximum atomic E-state index is 12.3. The molecule has 1 atom stereocenters. The van der Waals surface area contributed by atoms with Gasteiger partial charge in [-0.2, -0.15) is 5.10 Å². The van der Waals surface area contributed by atoms with Gasteiger partial charge in [-0.15, -0.1) is 0 Å². The Morgan fingerprint density at radius 3 is 2.88 bits per heavy atom. The van der Waals surface area contributed by atoms with Crippen LogP contribution in [-0.4, -0.2) is 78.9 Å². The van der Waals surface area contributed by atoms with Gasteiger partial charge in [0.05, 0.1) is 0 Å². The van der Waals surface area contributed by atoms with E-state index in [9.17, 15) is 4.79 Å². The molecule has 24 heavy (non-hydrogen) atoms. The van der Waals surface area contributed by atoms with Crippen LogP contribution < -0.4 is 5.32 Å². The molecule has 2 aromatic heterocycles. The Morgan fingerprint density at radius 1 is 1.42 bits per heavy atom. The van der Waals surface area contributed by atoms with Gasteiger partial charge >= 0.3 is 0 Å². The van der Waals surface area contributed by atoms with Crippen LogP contribution in [0.5, 0.6) is 0 Å². The average Bonchev–Trinajstić information content (AvgIpc) is 3.22. The van der Waals surface area contributed by atoms with Gasteiger partial charge in [-0.3, -0.25) is 14.4 Å². The van der Waals surface area contributed by atoms with E-state index < -0.39 is 0 Å². The second-order valence-electron chi connectivity index (χ2n) is 6.37. The van der Waals surface area contributed by atoms with E-state index in [1.165, 1.54) is 0 Å². The van der Waals surface area contributed by atoms with Crippen LogP contribution in [0.2, 0.25) is 0 Å². The molecule has 0 saturated carbocycles. The van der Waals surface area contributed by atoms with Crippen molar-refractivity contribution in [2.45, 2.75) is 19.0 Å². The number of aromatic nitrogens is 6. The molecule has 10 heteroatoms. The SMILES string of the molecule is CN(C)C(=O)c1nn(C)cc1CN1CCC(Nc2nnnn2C)C1. The molecule has 0 radical (unpaired) electrons. The maximum absolute atomic E-state index is 12.3. The molecule has 0 bridgehead atoms. The Hall–Kier alpha value is -2.49. The third-order valence-electron chi connectivity index (χ3n) is 4.13. The molecule has 1 unspecified atom stereocenters. The second-order valence-corrected chi connectivity index (χ2v) is 6.37. The third-order valence-corrected chi connectivity index (χ3v) is 4.13. The molecule has 1 aliphatic heterocycles. The Labute approximate surface area is 140 Å². The summed E-state index contributed by atoms with van der Waals surface area (Å²) in [6.45, 7) is 2.53. The molecule has 1 amide bonds. The number of rotatable bonds is 5. The molecule has 130 valence electrons. The van der Waals surface area contributed by atoms with Crippen molar-refractivity contribution in [3.05, 3.63) is 17.5 Å². The largest absolute Gasteiger partial charge is 0.349 e. The van der Waals surface area contributed by atoms with Crippen LogP contribution in [0.1, 0.15) is 22.5 Å². The van der Waals surface area contributed by atoms with E-state index in [4.69, 9.17) is 0 Å². The normalized spacial score (nSPS) is 18.1. The standard InChI is InChI=1S/C14H23N9O/c1-20(2)13(24)12-10(7-21(3)17-12)8-23-6-5-11(9-23)15-14-16-18-19-22(14)4/h7,11H,5-6,8-9H2,1-4H3,(H,15,16,19). The molecule has 0 aliphatic carbocycles. The van der Waals surface area contributed by atoms with E-state index in [2.05, 4.69) is 30.8 Å². The van der Waals surface area contributed by atoms with Gasteiger partial charge < -0.3 is 10.2 Å². The fourth-order valence-electron chi connectivity index (χ4n) is 2.91. The highest BCUT2D eigenvalue weighted by molar-refractivity contribution is 5.93. The van der Waals surface area contributed by atoms with Gasteiger partial charge in [-0.05, 0) is 16.8 Å². The number of likely N-dealkylation sites (tertiary alicyclic amines) is 1. The Morgan fingerprint density at radius 2 is 2.21 bits per heavy atom. The Kier molecular flexibility index (Phi) is 4.47. The van der Waals surface area contributed by atoms with Crippen molar-refractivity contribution in [3.8, 4) is 0 Å². The molecule has 1 fully saturated rings. The minimum Gasteiger partial charge on any atom is -0.349 e. The first kappa shape index (κ1) is 16.4. The lowest BCUT2D eigenvalue weighted by atomic mass is 10.2. The Bertz CT molecular complexity index is 720. The zero-order valence-electron chi connectivity index (χ0n) is 14.5. The van der Waals surface area contributed by atoms with E-state index in [-0.39, 0.29) is 5.91 Å². The van der Waals surface area contributed by atoms with Crippen molar-refractivity contribution < 1.29 is 4.79 Å². The fourth-order valence-corrected chi connectivity index (χ4v) is 2.91. The van der Waals surface area contributed by atoms with E-state index in [1.54, 1.807) is 28.4 Å². The van der Waals surface area contributed by atoms with E-state index in [0.717, 1.165) is 25.1 Å². The van der Waals surface area contributed by atoms with Gasteiger partial charge in [0.15, 0.2) is 5.69 Å². The molecular weight excluding hydrogens is 310 g/mol. The number of carbonyl (C=O) groups is 1. The Balaban J connectivity index is 1.64. The van der Waals surface area contributed by atoms with Crippen molar-refractivity contribution in [1.29, 1.82) is 0 Å². The van der Waals surface area contributed by atoms with Crippen LogP contribution in [-0.2, 0) is 20.6 Å². The quantitative estimate of drug-likeness (QED) is 0.775. The number of nitrogens with zero attached hydrogens (tertiary/aromatic N) is 8. The number of hydrogen-bond donors (Lipinski definition) is 1. The summed E-state index contributed by atoms with van der Waals surface area (Å²) in [5, 5.41) is 19.1. The minimum absolute atomic E-state index is 0.0652. The monoisotopic (exact) mass is 333 g/mol. The van der Waals surface area contributed by atoms with E-state index >= 15 is 0 Å². The number of carbonyl (C=O) groups excluding carboxylic acids is 1. The number of tetrazole rings is 1. The van der Waals surface area contributed by atoms with E-state index in [0.29, 0.717) is 24.2 Å². The lowest BCUT2D eigenvalue weighted by molar-refractivity contribution is 0.0819. The van der Waals surface area contributed by atoms with Crippen LogP contribution in [0.3, 0.4) is 0 Å². The number of anilines is 1. The first-order valence-electron chi connectivity index (χ1n) is 7.89. The highest BCUT2D eigenvalue weighted by Crippen LogP contribution is 2.18. The van der Waals surface area contributed by atoms with Gasteiger partial charge in [0.25, 0.3) is 5.91 Å². The number of hydrogen-bond acceptors (Lipinski definition) is 7. The highest BCUT2D eigenvalue weighted by Gasteiger charge is 2.26. The molecule has 0 spiro atoms. The zero-order valence-corrected chi connectivity index (χ0v) is 14.5. The summed E-state index contributed by atoms with van der Waals surface area (Å²) in [7, 11) is 7.13.